The van der Waals surface area contributed by atoms with Crippen LogP contribution in [-0.2, 0) is 11.2 Å². The molecule has 0 bridgehead atoms. The lowest BCUT2D eigenvalue weighted by molar-refractivity contribution is -0.120. The fraction of sp³-hybridized carbons (Fsp3) is 0.273. The van der Waals surface area contributed by atoms with Crippen molar-refractivity contribution in [2.24, 2.45) is 0 Å². The largest absolute Gasteiger partial charge is 0.373 e. The summed E-state index contributed by atoms with van der Waals surface area (Å²) in [4.78, 5) is 14.6. The molecule has 0 atom stereocenters. The molecule has 0 saturated heterocycles. The van der Waals surface area contributed by atoms with E-state index in [0.29, 0.717) is 18.0 Å². The number of halogens is 1. The third-order valence-electron chi connectivity index (χ3n) is 4.82. The van der Waals surface area contributed by atoms with Crippen LogP contribution in [-0.4, -0.2) is 35.8 Å². The summed E-state index contributed by atoms with van der Waals surface area (Å²) in [7, 11) is 2.02. The summed E-state index contributed by atoms with van der Waals surface area (Å²) in [5.74, 6) is 0.00307. The molecule has 3 aromatic rings. The maximum atomic E-state index is 12.4. The van der Waals surface area contributed by atoms with E-state index < -0.39 is 0 Å². The van der Waals surface area contributed by atoms with Crippen molar-refractivity contribution in [3.8, 4) is 5.69 Å². The minimum atomic E-state index is 0.00307. The Kier molecular flexibility index (Phi) is 6.37. The van der Waals surface area contributed by atoms with E-state index in [1.165, 1.54) is 0 Å². The zero-order valence-electron chi connectivity index (χ0n) is 16.4. The monoisotopic (exact) mass is 396 g/mol. The second kappa shape index (κ2) is 8.93. The summed E-state index contributed by atoms with van der Waals surface area (Å²) in [6.07, 6.45) is 0.320. The van der Waals surface area contributed by atoms with Crippen LogP contribution in [0.3, 0.4) is 0 Å². The van der Waals surface area contributed by atoms with E-state index in [0.717, 1.165) is 34.9 Å². The van der Waals surface area contributed by atoms with E-state index in [-0.39, 0.29) is 5.91 Å². The molecule has 0 aliphatic carbocycles. The molecule has 3 rings (SSSR count). The van der Waals surface area contributed by atoms with Gasteiger partial charge >= 0.3 is 0 Å². The van der Waals surface area contributed by atoms with Crippen molar-refractivity contribution < 1.29 is 4.79 Å². The van der Waals surface area contributed by atoms with Crippen molar-refractivity contribution in [3.63, 3.8) is 0 Å². The molecule has 6 heteroatoms. The fourth-order valence-corrected chi connectivity index (χ4v) is 3.29. The minimum absolute atomic E-state index is 0.00307. The van der Waals surface area contributed by atoms with Crippen LogP contribution in [0.5, 0.6) is 0 Å². The number of carbonyl (C=O) groups excluding carboxylic acids is 1. The molecule has 2 aromatic carbocycles. The molecule has 1 aromatic heterocycles. The van der Waals surface area contributed by atoms with Gasteiger partial charge in [-0.2, -0.15) is 5.10 Å². The maximum absolute atomic E-state index is 12.4. The number of anilines is 1. The number of rotatable bonds is 7. The number of nitrogens with one attached hydrogen (secondary N) is 1. The zero-order chi connectivity index (χ0) is 20.1. The smallest absolute Gasteiger partial charge is 0.224 e. The van der Waals surface area contributed by atoms with Crippen LogP contribution in [0.15, 0.2) is 54.6 Å². The molecule has 0 saturated carbocycles. The number of hydrogen-bond acceptors (Lipinski definition) is 3. The standard InChI is InChI=1S/C22H25ClN4O/c1-16-21(17(2)27(25-16)20-11-9-18(23)10-12-20)15-22(28)24-13-14-26(3)19-7-5-4-6-8-19/h4-12H,13-15H2,1-3H3,(H,24,28). The summed E-state index contributed by atoms with van der Waals surface area (Å²) in [6, 6.07) is 17.6. The van der Waals surface area contributed by atoms with Gasteiger partial charge < -0.3 is 10.2 Å². The number of nitrogens with zero attached hydrogens (tertiary/aromatic N) is 3. The molecule has 0 aliphatic heterocycles. The number of hydrogen-bond donors (Lipinski definition) is 1. The average Bonchev–Trinajstić information content (AvgIpc) is 2.97. The number of para-hydroxylation sites is 1. The predicted molar refractivity (Wildman–Crippen MR) is 114 cm³/mol. The molecule has 5 nitrogen and oxygen atoms in total. The fourth-order valence-electron chi connectivity index (χ4n) is 3.16. The highest BCUT2D eigenvalue weighted by Crippen LogP contribution is 2.20. The van der Waals surface area contributed by atoms with E-state index >= 15 is 0 Å². The SMILES string of the molecule is Cc1nn(-c2ccc(Cl)cc2)c(C)c1CC(=O)NCCN(C)c1ccccc1. The third kappa shape index (κ3) is 4.73. The van der Waals surface area contributed by atoms with E-state index in [9.17, 15) is 4.79 Å². The third-order valence-corrected chi connectivity index (χ3v) is 5.07. The lowest BCUT2D eigenvalue weighted by atomic mass is 10.1. The van der Waals surface area contributed by atoms with Crippen LogP contribution in [0.2, 0.25) is 5.02 Å². The van der Waals surface area contributed by atoms with Gasteiger partial charge in [-0.25, -0.2) is 4.68 Å². The van der Waals surface area contributed by atoms with Gasteiger partial charge in [0.2, 0.25) is 5.91 Å². The van der Waals surface area contributed by atoms with Gasteiger partial charge in [-0.3, -0.25) is 4.79 Å². The number of carbonyl (C=O) groups is 1. The molecule has 0 radical (unpaired) electrons. The first-order valence-electron chi connectivity index (χ1n) is 9.29. The molecule has 146 valence electrons. The molecule has 1 amide bonds. The van der Waals surface area contributed by atoms with Gasteiger partial charge in [-0.05, 0) is 50.2 Å². The van der Waals surface area contributed by atoms with Gasteiger partial charge in [0, 0.05) is 42.1 Å². The van der Waals surface area contributed by atoms with Crippen molar-refractivity contribution in [2.75, 3.05) is 25.0 Å². The summed E-state index contributed by atoms with van der Waals surface area (Å²) in [6.45, 7) is 5.26. The van der Waals surface area contributed by atoms with Crippen molar-refractivity contribution >= 4 is 23.2 Å². The van der Waals surface area contributed by atoms with Crippen LogP contribution >= 0.6 is 11.6 Å². The summed E-state index contributed by atoms with van der Waals surface area (Å²) in [5.41, 5.74) is 4.86. The molecule has 0 aliphatic rings. The lowest BCUT2D eigenvalue weighted by Crippen LogP contribution is -2.33. The second-order valence-corrected chi connectivity index (χ2v) is 7.26. The number of benzene rings is 2. The van der Waals surface area contributed by atoms with Crippen LogP contribution in [0.4, 0.5) is 5.69 Å². The van der Waals surface area contributed by atoms with Crippen LogP contribution in [0, 0.1) is 13.8 Å². The highest BCUT2D eigenvalue weighted by molar-refractivity contribution is 6.30. The van der Waals surface area contributed by atoms with Crippen molar-refractivity contribution in [3.05, 3.63) is 76.6 Å². The maximum Gasteiger partial charge on any atom is 0.224 e. The Morgan fingerprint density at radius 3 is 2.46 bits per heavy atom. The molecule has 1 N–H and O–H groups in total. The lowest BCUT2D eigenvalue weighted by Gasteiger charge is -2.19. The van der Waals surface area contributed by atoms with Crippen molar-refractivity contribution in [2.45, 2.75) is 20.3 Å². The first-order valence-corrected chi connectivity index (χ1v) is 9.67. The first kappa shape index (κ1) is 20.0. The van der Waals surface area contributed by atoms with Crippen LogP contribution in [0.25, 0.3) is 5.69 Å². The topological polar surface area (TPSA) is 50.2 Å². The molecule has 0 fully saturated rings. The molecule has 0 unspecified atom stereocenters. The van der Waals surface area contributed by atoms with Gasteiger partial charge in [-0.1, -0.05) is 29.8 Å². The number of likely N-dealkylation sites (N-methyl/N-ethyl adjacent to an activating group) is 1. The average molecular weight is 397 g/mol. The zero-order valence-corrected chi connectivity index (χ0v) is 17.2. The predicted octanol–water partition coefficient (Wildman–Crippen LogP) is 3.94. The first-order chi connectivity index (χ1) is 13.5. The Hall–Kier alpha value is -2.79. The van der Waals surface area contributed by atoms with Gasteiger partial charge in [0.15, 0.2) is 0 Å². The second-order valence-electron chi connectivity index (χ2n) is 6.82. The van der Waals surface area contributed by atoms with E-state index in [4.69, 9.17) is 11.6 Å². The van der Waals surface area contributed by atoms with Crippen molar-refractivity contribution in [1.29, 1.82) is 0 Å². The number of aromatic nitrogens is 2. The van der Waals surface area contributed by atoms with Crippen molar-refractivity contribution in [1.82, 2.24) is 15.1 Å². The minimum Gasteiger partial charge on any atom is -0.373 e. The van der Waals surface area contributed by atoms with Gasteiger partial charge in [0.1, 0.15) is 0 Å². The Morgan fingerprint density at radius 1 is 1.11 bits per heavy atom. The highest BCUT2D eigenvalue weighted by atomic mass is 35.5. The Balaban J connectivity index is 1.59. The van der Waals surface area contributed by atoms with E-state index in [1.807, 2.05) is 68.0 Å². The van der Waals surface area contributed by atoms with E-state index in [1.54, 1.807) is 0 Å². The Labute approximate surface area is 170 Å². The number of aryl methyl sites for hydroxylation is 1. The van der Waals surface area contributed by atoms with Crippen LogP contribution in [0.1, 0.15) is 17.0 Å². The summed E-state index contributed by atoms with van der Waals surface area (Å²) < 4.78 is 1.86. The normalized spacial score (nSPS) is 10.7. The molecule has 0 spiro atoms. The summed E-state index contributed by atoms with van der Waals surface area (Å²) in [5, 5.41) is 8.29. The number of amides is 1. The molecular weight excluding hydrogens is 372 g/mol. The quantitative estimate of drug-likeness (QED) is 0.658. The van der Waals surface area contributed by atoms with Crippen LogP contribution < -0.4 is 10.2 Å². The van der Waals surface area contributed by atoms with Gasteiger partial charge in [-0.15, -0.1) is 0 Å². The Morgan fingerprint density at radius 2 is 1.79 bits per heavy atom. The summed E-state index contributed by atoms with van der Waals surface area (Å²) >= 11 is 5.97. The van der Waals surface area contributed by atoms with Gasteiger partial charge in [0.25, 0.3) is 0 Å². The molecular formula is C22H25ClN4O. The highest BCUT2D eigenvalue weighted by Gasteiger charge is 2.16. The van der Waals surface area contributed by atoms with Gasteiger partial charge in [0.05, 0.1) is 17.8 Å². The Bertz CT molecular complexity index is 935. The molecule has 1 heterocycles. The molecule has 28 heavy (non-hydrogen) atoms. The van der Waals surface area contributed by atoms with E-state index in [2.05, 4.69) is 27.4 Å².